The van der Waals surface area contributed by atoms with E-state index in [4.69, 9.17) is 5.73 Å². The van der Waals surface area contributed by atoms with Gasteiger partial charge < -0.3 is 16.0 Å². The molecule has 0 unspecified atom stereocenters. The Morgan fingerprint density at radius 2 is 1.93 bits per heavy atom. The molecule has 0 radical (unpaired) electrons. The number of benzene rings is 1. The average Bonchev–Trinajstić information content (AvgIpc) is 3.05. The number of anilines is 2. The molecule has 1 aromatic carbocycles. The minimum absolute atomic E-state index is 0.000972. The van der Waals surface area contributed by atoms with E-state index in [9.17, 15) is 14.9 Å². The Balaban J connectivity index is 1.78. The van der Waals surface area contributed by atoms with Gasteiger partial charge in [0.05, 0.1) is 16.9 Å². The molecule has 0 fully saturated rings. The minimum Gasteiger partial charge on any atom is -0.383 e. The van der Waals surface area contributed by atoms with Crippen LogP contribution in [0.3, 0.4) is 0 Å². The van der Waals surface area contributed by atoms with Gasteiger partial charge in [0, 0.05) is 22.6 Å². The van der Waals surface area contributed by atoms with Crippen LogP contribution in [0, 0.1) is 25.2 Å². The van der Waals surface area contributed by atoms with E-state index in [-0.39, 0.29) is 28.5 Å². The van der Waals surface area contributed by atoms with Crippen molar-refractivity contribution in [3.63, 3.8) is 0 Å². The van der Waals surface area contributed by atoms with Crippen LogP contribution in [-0.4, -0.2) is 27.4 Å². The maximum Gasteiger partial charge on any atom is 0.259 e. The predicted molar refractivity (Wildman–Crippen MR) is 113 cm³/mol. The second-order valence-corrected chi connectivity index (χ2v) is 7.37. The lowest BCUT2D eigenvalue weighted by molar-refractivity contribution is 0.101. The van der Waals surface area contributed by atoms with Gasteiger partial charge >= 0.3 is 0 Å². The molecular formula is C21H19N5O2S. The molecule has 0 atom stereocenters. The van der Waals surface area contributed by atoms with Gasteiger partial charge in [-0.05, 0) is 38.1 Å². The number of rotatable bonds is 6. The Labute approximate surface area is 172 Å². The van der Waals surface area contributed by atoms with Crippen LogP contribution in [-0.2, 0) is 0 Å². The van der Waals surface area contributed by atoms with Crippen molar-refractivity contribution in [3.8, 4) is 6.07 Å². The number of H-pyrrole nitrogens is 1. The molecule has 0 spiro atoms. The van der Waals surface area contributed by atoms with Crippen LogP contribution in [0.4, 0.5) is 11.5 Å². The summed E-state index contributed by atoms with van der Waals surface area (Å²) in [5.74, 6) is -0.425. The summed E-state index contributed by atoms with van der Waals surface area (Å²) in [5.41, 5.74) is 9.19. The lowest BCUT2D eigenvalue weighted by atomic mass is 10.2. The number of aromatic nitrogens is 2. The Morgan fingerprint density at radius 3 is 2.55 bits per heavy atom. The summed E-state index contributed by atoms with van der Waals surface area (Å²) in [6.07, 6.45) is 0. The third kappa shape index (κ3) is 4.65. The summed E-state index contributed by atoms with van der Waals surface area (Å²) >= 11 is 1.12. The van der Waals surface area contributed by atoms with Crippen molar-refractivity contribution in [1.29, 1.82) is 5.26 Å². The molecule has 7 nitrogen and oxygen atoms in total. The molecule has 2 heterocycles. The van der Waals surface area contributed by atoms with Gasteiger partial charge in [-0.3, -0.25) is 9.59 Å². The van der Waals surface area contributed by atoms with E-state index in [1.807, 2.05) is 26.0 Å². The molecule has 146 valence electrons. The minimum atomic E-state index is -0.455. The van der Waals surface area contributed by atoms with Gasteiger partial charge in [-0.15, -0.1) is 0 Å². The highest BCUT2D eigenvalue weighted by molar-refractivity contribution is 8.00. The first-order valence-corrected chi connectivity index (χ1v) is 9.77. The summed E-state index contributed by atoms with van der Waals surface area (Å²) < 4.78 is 0. The Hall–Kier alpha value is -3.57. The van der Waals surface area contributed by atoms with Crippen molar-refractivity contribution >= 4 is 35.0 Å². The van der Waals surface area contributed by atoms with Crippen molar-refractivity contribution in [2.75, 3.05) is 16.8 Å². The molecule has 3 aromatic rings. The monoisotopic (exact) mass is 405 g/mol. The second kappa shape index (κ2) is 8.63. The highest BCUT2D eigenvalue weighted by Crippen LogP contribution is 2.26. The van der Waals surface area contributed by atoms with Crippen LogP contribution in [0.2, 0.25) is 0 Å². The molecule has 0 aliphatic rings. The molecule has 1 amide bonds. The average molecular weight is 405 g/mol. The number of ketones is 1. The smallest absolute Gasteiger partial charge is 0.259 e. The first-order chi connectivity index (χ1) is 13.9. The topological polar surface area (TPSA) is 125 Å². The Morgan fingerprint density at radius 1 is 1.21 bits per heavy atom. The first-order valence-electron chi connectivity index (χ1n) is 8.78. The van der Waals surface area contributed by atoms with E-state index in [2.05, 4.69) is 15.3 Å². The summed E-state index contributed by atoms with van der Waals surface area (Å²) in [4.78, 5) is 32.3. The van der Waals surface area contributed by atoms with Gasteiger partial charge in [0.2, 0.25) is 0 Å². The van der Waals surface area contributed by atoms with E-state index in [1.54, 1.807) is 30.3 Å². The van der Waals surface area contributed by atoms with Gasteiger partial charge in [0.25, 0.3) is 5.91 Å². The molecule has 0 aliphatic carbocycles. The zero-order chi connectivity index (χ0) is 21.0. The molecule has 8 heteroatoms. The molecule has 0 bridgehead atoms. The molecular weight excluding hydrogens is 386 g/mol. The number of nitrogens with zero attached hydrogens (tertiary/aromatic N) is 2. The highest BCUT2D eigenvalue weighted by atomic mass is 32.2. The van der Waals surface area contributed by atoms with Gasteiger partial charge in [-0.2, -0.15) is 5.26 Å². The number of nitrogen functional groups attached to an aromatic ring is 1. The van der Waals surface area contributed by atoms with E-state index in [0.29, 0.717) is 16.3 Å². The molecule has 0 saturated heterocycles. The number of thioether (sulfide) groups is 1. The van der Waals surface area contributed by atoms with Gasteiger partial charge in [0.1, 0.15) is 16.9 Å². The SMILES string of the molecule is Cc1cc(C(=O)CSc2nc(N)c(C(=O)Nc3ccccc3)cc2C#N)c(C)[nH]1. The number of hydrogen-bond acceptors (Lipinski definition) is 6. The zero-order valence-electron chi connectivity index (χ0n) is 15.9. The number of hydrogen-bond donors (Lipinski definition) is 3. The van der Waals surface area contributed by atoms with Crippen molar-refractivity contribution < 1.29 is 9.59 Å². The largest absolute Gasteiger partial charge is 0.383 e. The normalized spacial score (nSPS) is 10.4. The van der Waals surface area contributed by atoms with Crippen molar-refractivity contribution in [3.05, 3.63) is 70.5 Å². The second-order valence-electron chi connectivity index (χ2n) is 6.41. The number of nitriles is 1. The summed E-state index contributed by atoms with van der Waals surface area (Å²) in [7, 11) is 0. The molecule has 4 N–H and O–H groups in total. The number of carbonyl (C=O) groups excluding carboxylic acids is 2. The molecule has 0 saturated carbocycles. The van der Waals surface area contributed by atoms with Crippen LogP contribution in [0.25, 0.3) is 0 Å². The number of aryl methyl sites for hydroxylation is 2. The third-order valence-electron chi connectivity index (χ3n) is 4.20. The summed E-state index contributed by atoms with van der Waals surface area (Å²) in [6.45, 7) is 3.72. The van der Waals surface area contributed by atoms with Gasteiger partial charge in [-0.1, -0.05) is 30.0 Å². The van der Waals surface area contributed by atoms with Crippen LogP contribution in [0.1, 0.15) is 37.7 Å². The highest BCUT2D eigenvalue weighted by Gasteiger charge is 2.18. The van der Waals surface area contributed by atoms with Crippen LogP contribution >= 0.6 is 11.8 Å². The lowest BCUT2D eigenvalue weighted by Gasteiger charge is -2.10. The number of para-hydroxylation sites is 1. The van der Waals surface area contributed by atoms with E-state index in [1.165, 1.54) is 6.07 Å². The fourth-order valence-corrected chi connectivity index (χ4v) is 3.67. The van der Waals surface area contributed by atoms with E-state index in [0.717, 1.165) is 23.1 Å². The molecule has 3 rings (SSSR count). The van der Waals surface area contributed by atoms with Crippen LogP contribution < -0.4 is 11.1 Å². The predicted octanol–water partition coefficient (Wildman–Crippen LogP) is 3.71. The number of pyridine rings is 1. The zero-order valence-corrected chi connectivity index (χ0v) is 16.8. The lowest BCUT2D eigenvalue weighted by Crippen LogP contribution is -2.16. The van der Waals surface area contributed by atoms with Crippen LogP contribution in [0.15, 0.2) is 47.5 Å². The number of aromatic amines is 1. The fraction of sp³-hybridized carbons (Fsp3) is 0.143. The fourth-order valence-electron chi connectivity index (χ4n) is 2.83. The number of carbonyl (C=O) groups is 2. The van der Waals surface area contributed by atoms with Crippen molar-refractivity contribution in [2.24, 2.45) is 0 Å². The van der Waals surface area contributed by atoms with E-state index < -0.39 is 5.91 Å². The third-order valence-corrected chi connectivity index (χ3v) is 5.19. The molecule has 2 aromatic heterocycles. The maximum absolute atomic E-state index is 12.5. The first kappa shape index (κ1) is 20.2. The van der Waals surface area contributed by atoms with E-state index >= 15 is 0 Å². The standard InChI is InChI=1S/C21H19N5O2S/c1-12-8-16(13(2)24-12)18(27)11-29-21-14(10-22)9-17(19(23)26-21)20(28)25-15-6-4-3-5-7-15/h3-9,24H,11H2,1-2H3,(H2,23,26)(H,25,28). The number of nitrogens with two attached hydrogens (primary N) is 1. The van der Waals surface area contributed by atoms with Crippen LogP contribution in [0.5, 0.6) is 0 Å². The van der Waals surface area contributed by atoms with Crippen molar-refractivity contribution in [2.45, 2.75) is 18.9 Å². The quantitative estimate of drug-likeness (QED) is 0.424. The van der Waals surface area contributed by atoms with Gasteiger partial charge in [0.15, 0.2) is 5.78 Å². The maximum atomic E-state index is 12.5. The summed E-state index contributed by atoms with van der Waals surface area (Å²) in [6, 6.07) is 14.1. The van der Waals surface area contributed by atoms with Gasteiger partial charge in [-0.25, -0.2) is 4.98 Å². The Kier molecular flexibility index (Phi) is 6.00. The van der Waals surface area contributed by atoms with Crippen molar-refractivity contribution in [1.82, 2.24) is 9.97 Å². The number of amides is 1. The number of nitrogens with one attached hydrogen (secondary N) is 2. The molecule has 0 aliphatic heterocycles. The molecule has 29 heavy (non-hydrogen) atoms. The Bertz CT molecular complexity index is 1120. The number of Topliss-reactive ketones (excluding diaryl/α,β-unsaturated/α-hetero) is 1. The summed E-state index contributed by atoms with van der Waals surface area (Å²) in [5, 5.41) is 12.5.